The topological polar surface area (TPSA) is 47.8 Å². The van der Waals surface area contributed by atoms with E-state index >= 15 is 0 Å². The molecule has 5 heteroatoms. The third kappa shape index (κ3) is 3.62. The Morgan fingerprint density at radius 2 is 1.86 bits per heavy atom. The molecule has 4 aromatic rings. The fraction of sp³-hybridized carbons (Fsp3) is 0.0870. The highest BCUT2D eigenvalue weighted by atomic mass is 127. The molecule has 0 saturated heterocycles. The van der Waals surface area contributed by atoms with Crippen molar-refractivity contribution in [2.24, 2.45) is 0 Å². The summed E-state index contributed by atoms with van der Waals surface area (Å²) in [5, 5.41) is 0.613. The summed E-state index contributed by atoms with van der Waals surface area (Å²) in [4.78, 5) is 22.5. The van der Waals surface area contributed by atoms with Gasteiger partial charge in [0.05, 0.1) is 22.3 Å². The van der Waals surface area contributed by atoms with Gasteiger partial charge in [-0.1, -0.05) is 23.8 Å². The van der Waals surface area contributed by atoms with Crippen LogP contribution < -0.4 is 5.56 Å². The molecular weight excluding hydrogens is 461 g/mol. The molecule has 0 spiro atoms. The lowest BCUT2D eigenvalue weighted by Crippen LogP contribution is -2.23. The molecule has 4 rings (SSSR count). The van der Waals surface area contributed by atoms with Gasteiger partial charge in [-0.05, 0) is 90.6 Å². The van der Waals surface area contributed by atoms with E-state index in [-0.39, 0.29) is 5.56 Å². The van der Waals surface area contributed by atoms with Crippen molar-refractivity contribution >= 4 is 45.6 Å². The first-order valence-electron chi connectivity index (χ1n) is 8.92. The smallest absolute Gasteiger partial charge is 0.266 e. The molecule has 0 unspecified atom stereocenters. The molecule has 2 heterocycles. The van der Waals surface area contributed by atoms with Crippen molar-refractivity contribution in [2.45, 2.75) is 13.8 Å². The van der Waals surface area contributed by atoms with Gasteiger partial charge in [0.1, 0.15) is 5.82 Å². The number of benzene rings is 2. The SMILES string of the molecule is Cc1ccc(-n2c(/C=C/c3ccccn3)nc3ccc(I)cc3c2=O)c(C)c1. The first-order valence-corrected chi connectivity index (χ1v) is 10.00. The van der Waals surface area contributed by atoms with Gasteiger partial charge in [-0.15, -0.1) is 0 Å². The van der Waals surface area contributed by atoms with Crippen LogP contribution in [0.1, 0.15) is 22.6 Å². The Balaban J connectivity index is 2.00. The van der Waals surface area contributed by atoms with Gasteiger partial charge in [-0.25, -0.2) is 4.98 Å². The lowest BCUT2D eigenvalue weighted by Gasteiger charge is -2.14. The summed E-state index contributed by atoms with van der Waals surface area (Å²) in [5.74, 6) is 0.580. The van der Waals surface area contributed by atoms with Gasteiger partial charge < -0.3 is 0 Å². The van der Waals surface area contributed by atoms with Crippen molar-refractivity contribution in [1.82, 2.24) is 14.5 Å². The first-order chi connectivity index (χ1) is 13.5. The highest BCUT2D eigenvalue weighted by Crippen LogP contribution is 2.20. The number of hydrogen-bond donors (Lipinski definition) is 0. The summed E-state index contributed by atoms with van der Waals surface area (Å²) in [6.45, 7) is 4.06. The third-order valence-electron chi connectivity index (χ3n) is 4.54. The van der Waals surface area contributed by atoms with Gasteiger partial charge in [0, 0.05) is 9.77 Å². The Hall–Kier alpha value is -2.80. The van der Waals surface area contributed by atoms with Crippen molar-refractivity contribution in [2.75, 3.05) is 0 Å². The molecule has 0 radical (unpaired) electrons. The molecule has 28 heavy (non-hydrogen) atoms. The molecule has 2 aromatic carbocycles. The van der Waals surface area contributed by atoms with Crippen LogP contribution >= 0.6 is 22.6 Å². The van der Waals surface area contributed by atoms with Gasteiger partial charge in [-0.2, -0.15) is 0 Å². The summed E-state index contributed by atoms with van der Waals surface area (Å²) >= 11 is 2.22. The Labute approximate surface area is 176 Å². The van der Waals surface area contributed by atoms with E-state index in [1.165, 1.54) is 0 Å². The lowest BCUT2D eigenvalue weighted by molar-refractivity contribution is 0.933. The molecule has 0 aliphatic rings. The van der Waals surface area contributed by atoms with Crippen molar-refractivity contribution in [3.05, 3.63) is 97.4 Å². The van der Waals surface area contributed by atoms with Gasteiger partial charge in [0.25, 0.3) is 5.56 Å². The van der Waals surface area contributed by atoms with Gasteiger partial charge >= 0.3 is 0 Å². The Kier molecular flexibility index (Phi) is 5.09. The zero-order valence-electron chi connectivity index (χ0n) is 15.6. The van der Waals surface area contributed by atoms with E-state index in [9.17, 15) is 4.79 Å². The Bertz CT molecular complexity index is 1260. The maximum Gasteiger partial charge on any atom is 0.266 e. The summed E-state index contributed by atoms with van der Waals surface area (Å²) < 4.78 is 2.69. The number of aromatic nitrogens is 3. The van der Waals surface area contributed by atoms with Crippen LogP contribution in [-0.4, -0.2) is 14.5 Å². The second-order valence-corrected chi connectivity index (χ2v) is 7.90. The molecule has 4 nitrogen and oxygen atoms in total. The van der Waals surface area contributed by atoms with Crippen LogP contribution in [0.3, 0.4) is 0 Å². The number of halogens is 1. The second-order valence-electron chi connectivity index (χ2n) is 6.65. The van der Waals surface area contributed by atoms with Crippen LogP contribution in [0, 0.1) is 17.4 Å². The third-order valence-corrected chi connectivity index (χ3v) is 5.21. The minimum absolute atomic E-state index is 0.0730. The molecule has 0 atom stereocenters. The van der Waals surface area contributed by atoms with Crippen LogP contribution in [0.5, 0.6) is 0 Å². The van der Waals surface area contributed by atoms with E-state index in [0.29, 0.717) is 16.7 Å². The van der Waals surface area contributed by atoms with Crippen LogP contribution in [0.2, 0.25) is 0 Å². The minimum atomic E-state index is -0.0730. The average Bonchev–Trinajstić information content (AvgIpc) is 2.69. The predicted octanol–water partition coefficient (Wildman–Crippen LogP) is 5.17. The highest BCUT2D eigenvalue weighted by Gasteiger charge is 2.13. The Morgan fingerprint density at radius 3 is 2.61 bits per heavy atom. The molecule has 0 saturated carbocycles. The van der Waals surface area contributed by atoms with Gasteiger partial charge in [0.2, 0.25) is 0 Å². The van der Waals surface area contributed by atoms with Crippen molar-refractivity contribution in [3.63, 3.8) is 0 Å². The minimum Gasteiger partial charge on any atom is -0.268 e. The number of fused-ring (bicyclic) bond motifs is 1. The monoisotopic (exact) mass is 479 g/mol. The number of pyridine rings is 1. The molecule has 0 N–H and O–H groups in total. The van der Waals surface area contributed by atoms with E-state index < -0.39 is 0 Å². The number of nitrogens with zero attached hydrogens (tertiary/aromatic N) is 3. The van der Waals surface area contributed by atoms with Crippen molar-refractivity contribution in [1.29, 1.82) is 0 Å². The van der Waals surface area contributed by atoms with E-state index in [4.69, 9.17) is 4.98 Å². The zero-order chi connectivity index (χ0) is 19.7. The second kappa shape index (κ2) is 7.67. The fourth-order valence-corrected chi connectivity index (χ4v) is 3.70. The number of rotatable bonds is 3. The molecule has 0 fully saturated rings. The molecule has 2 aromatic heterocycles. The van der Waals surface area contributed by atoms with Crippen LogP contribution in [-0.2, 0) is 0 Å². The maximum atomic E-state index is 13.4. The summed E-state index contributed by atoms with van der Waals surface area (Å²) in [7, 11) is 0. The predicted molar refractivity (Wildman–Crippen MR) is 123 cm³/mol. The van der Waals surface area contributed by atoms with Crippen molar-refractivity contribution < 1.29 is 0 Å². The van der Waals surface area contributed by atoms with E-state index in [2.05, 4.69) is 33.6 Å². The van der Waals surface area contributed by atoms with Crippen molar-refractivity contribution in [3.8, 4) is 5.69 Å². The zero-order valence-corrected chi connectivity index (χ0v) is 17.7. The first kappa shape index (κ1) is 18.6. The highest BCUT2D eigenvalue weighted by molar-refractivity contribution is 14.1. The quantitative estimate of drug-likeness (QED) is 0.381. The van der Waals surface area contributed by atoms with E-state index in [1.54, 1.807) is 10.8 Å². The summed E-state index contributed by atoms with van der Waals surface area (Å²) in [6.07, 6.45) is 5.47. The Morgan fingerprint density at radius 1 is 1.00 bits per heavy atom. The maximum absolute atomic E-state index is 13.4. The van der Waals surface area contributed by atoms with Gasteiger partial charge in [-0.3, -0.25) is 14.3 Å². The lowest BCUT2D eigenvalue weighted by atomic mass is 10.1. The fourth-order valence-electron chi connectivity index (χ4n) is 3.21. The molecule has 0 aliphatic carbocycles. The normalized spacial score (nSPS) is 11.4. The average molecular weight is 479 g/mol. The van der Waals surface area contributed by atoms with E-state index in [0.717, 1.165) is 26.1 Å². The molecule has 0 bridgehead atoms. The number of aryl methyl sites for hydroxylation is 2. The van der Waals surface area contributed by atoms with E-state index in [1.807, 2.05) is 74.5 Å². The standard InChI is InChI=1S/C23H18IN3O/c1-15-6-10-21(16(2)13-15)27-22(11-8-18-5-3-4-12-25-18)26-20-9-7-17(24)14-19(20)23(27)28/h3-14H,1-2H3/b11-8+. The van der Waals surface area contributed by atoms with Crippen LogP contribution in [0.4, 0.5) is 0 Å². The summed E-state index contributed by atoms with van der Waals surface area (Å²) in [5.41, 5.74) is 4.45. The molecule has 0 amide bonds. The summed E-state index contributed by atoms with van der Waals surface area (Å²) in [6, 6.07) is 17.5. The largest absolute Gasteiger partial charge is 0.268 e. The van der Waals surface area contributed by atoms with Crippen LogP contribution in [0.15, 0.2) is 65.6 Å². The molecular formula is C23H18IN3O. The van der Waals surface area contributed by atoms with Gasteiger partial charge in [0.15, 0.2) is 0 Å². The number of hydrogen-bond acceptors (Lipinski definition) is 3. The molecule has 0 aliphatic heterocycles. The van der Waals surface area contributed by atoms with Crippen LogP contribution in [0.25, 0.3) is 28.7 Å². The molecule has 138 valence electrons.